The number of hydrogen-bond donors (Lipinski definition) is 3. The van der Waals surface area contributed by atoms with Gasteiger partial charge in [-0.2, -0.15) is 0 Å². The van der Waals surface area contributed by atoms with Gasteiger partial charge >= 0.3 is 0 Å². The van der Waals surface area contributed by atoms with E-state index >= 15 is 0 Å². The van der Waals surface area contributed by atoms with E-state index in [4.69, 9.17) is 4.42 Å². The maximum absolute atomic E-state index is 11.3. The van der Waals surface area contributed by atoms with E-state index in [0.717, 1.165) is 5.76 Å². The van der Waals surface area contributed by atoms with E-state index in [9.17, 15) is 8.42 Å². The fourth-order valence-corrected chi connectivity index (χ4v) is 2.40. The van der Waals surface area contributed by atoms with Crippen molar-refractivity contribution in [1.29, 1.82) is 0 Å². The van der Waals surface area contributed by atoms with E-state index in [1.807, 2.05) is 0 Å². The summed E-state index contributed by atoms with van der Waals surface area (Å²) in [6, 6.07) is 0. The minimum Gasteiger partial charge on any atom is -0.443 e. The van der Waals surface area contributed by atoms with Crippen molar-refractivity contribution in [2.24, 2.45) is 4.99 Å². The Morgan fingerprint density at radius 1 is 1.28 bits per heavy atom. The number of guanidine groups is 1. The quantitative estimate of drug-likeness (QED) is 0.223. The molecule has 0 bridgehead atoms. The van der Waals surface area contributed by atoms with Gasteiger partial charge in [-0.05, 0) is 13.3 Å². The molecule has 25 heavy (non-hydrogen) atoms. The molecule has 0 aliphatic heterocycles. The minimum absolute atomic E-state index is 0. The third-order valence-electron chi connectivity index (χ3n) is 3.27. The van der Waals surface area contributed by atoms with Crippen LogP contribution in [-0.2, 0) is 22.0 Å². The number of rotatable bonds is 8. The van der Waals surface area contributed by atoms with Crippen LogP contribution in [-0.4, -0.2) is 45.3 Å². The van der Waals surface area contributed by atoms with Crippen molar-refractivity contribution in [3.63, 3.8) is 0 Å². The molecule has 0 radical (unpaired) electrons. The highest BCUT2D eigenvalue weighted by molar-refractivity contribution is 14.0. The van der Waals surface area contributed by atoms with E-state index < -0.39 is 10.0 Å². The zero-order chi connectivity index (χ0) is 18.2. The van der Waals surface area contributed by atoms with E-state index in [0.29, 0.717) is 37.9 Å². The second kappa shape index (κ2) is 11.0. The topological polar surface area (TPSA) is 109 Å². The van der Waals surface area contributed by atoms with Crippen LogP contribution in [0.4, 0.5) is 0 Å². The van der Waals surface area contributed by atoms with E-state index in [-0.39, 0.29) is 35.1 Å². The molecule has 0 fully saturated rings. The van der Waals surface area contributed by atoms with Crippen LogP contribution in [0.3, 0.4) is 0 Å². The normalized spacial score (nSPS) is 12.6. The van der Waals surface area contributed by atoms with Gasteiger partial charge < -0.3 is 15.1 Å². The van der Waals surface area contributed by atoms with Crippen LogP contribution < -0.4 is 15.4 Å². The van der Waals surface area contributed by atoms with Gasteiger partial charge in [-0.25, -0.2) is 18.1 Å². The third-order valence-corrected chi connectivity index (χ3v) is 4.68. The van der Waals surface area contributed by atoms with Crippen molar-refractivity contribution in [2.45, 2.75) is 46.1 Å². The van der Waals surface area contributed by atoms with Gasteiger partial charge in [0, 0.05) is 25.6 Å². The van der Waals surface area contributed by atoms with Crippen LogP contribution in [0.1, 0.15) is 45.8 Å². The monoisotopic (exact) mass is 487 g/mol. The Hall–Kier alpha value is -0.880. The lowest BCUT2D eigenvalue weighted by atomic mass is 9.94. The van der Waals surface area contributed by atoms with E-state index in [2.05, 4.69) is 46.1 Å². The Morgan fingerprint density at radius 3 is 2.48 bits per heavy atom. The summed E-state index contributed by atoms with van der Waals surface area (Å²) >= 11 is 0. The van der Waals surface area contributed by atoms with Gasteiger partial charge in [-0.3, -0.25) is 4.99 Å². The molecule has 0 saturated carbocycles. The number of aliphatic imine (C=N–C) groups is 1. The Labute approximate surface area is 167 Å². The second-order valence-corrected chi connectivity index (χ2v) is 8.47. The first kappa shape index (κ1) is 24.1. The first-order valence-electron chi connectivity index (χ1n) is 8.05. The van der Waals surface area contributed by atoms with Crippen LogP contribution in [0.5, 0.6) is 0 Å². The Kier molecular flexibility index (Phi) is 10.6. The highest BCUT2D eigenvalue weighted by Gasteiger charge is 2.19. The number of hydrogen-bond acceptors (Lipinski definition) is 5. The smallest absolute Gasteiger partial charge is 0.213 e. The maximum Gasteiger partial charge on any atom is 0.213 e. The zero-order valence-electron chi connectivity index (χ0n) is 15.5. The van der Waals surface area contributed by atoms with Crippen molar-refractivity contribution in [3.8, 4) is 0 Å². The maximum atomic E-state index is 11.3. The van der Waals surface area contributed by atoms with Crippen LogP contribution in [0, 0.1) is 0 Å². The van der Waals surface area contributed by atoms with Crippen LogP contribution in [0.15, 0.2) is 15.6 Å². The number of nitrogens with zero attached hydrogens (tertiary/aromatic N) is 2. The van der Waals surface area contributed by atoms with Gasteiger partial charge in [0.25, 0.3) is 0 Å². The molecule has 0 aromatic carbocycles. The number of oxazole rings is 1. The molecule has 8 nitrogen and oxygen atoms in total. The van der Waals surface area contributed by atoms with Crippen molar-refractivity contribution in [3.05, 3.63) is 17.8 Å². The number of halogens is 1. The SMILES string of the molecule is CCS(=O)(=O)NCCCNC(=NC)NCc1ncc(C(C)(C)C)o1.I. The lowest BCUT2D eigenvalue weighted by Crippen LogP contribution is -2.38. The zero-order valence-corrected chi connectivity index (χ0v) is 18.7. The average molecular weight is 487 g/mol. The molecule has 1 aromatic heterocycles. The number of nitrogens with one attached hydrogen (secondary N) is 3. The molecule has 1 heterocycles. The summed E-state index contributed by atoms with van der Waals surface area (Å²) in [5, 5.41) is 6.23. The molecule has 0 aliphatic rings. The number of aromatic nitrogens is 1. The molecular formula is C15H30IN5O3S. The van der Waals surface area contributed by atoms with E-state index in [1.54, 1.807) is 20.2 Å². The summed E-state index contributed by atoms with van der Waals surface area (Å²) in [4.78, 5) is 8.35. The molecule has 146 valence electrons. The highest BCUT2D eigenvalue weighted by Crippen LogP contribution is 2.22. The summed E-state index contributed by atoms with van der Waals surface area (Å²) in [6.45, 7) is 9.24. The molecule has 0 aliphatic carbocycles. The van der Waals surface area contributed by atoms with Crippen molar-refractivity contribution in [1.82, 2.24) is 20.3 Å². The molecule has 1 rings (SSSR count). The van der Waals surface area contributed by atoms with Gasteiger partial charge in [0.05, 0.1) is 18.5 Å². The first-order chi connectivity index (χ1) is 11.2. The third kappa shape index (κ3) is 9.40. The molecule has 0 amide bonds. The lowest BCUT2D eigenvalue weighted by molar-refractivity contribution is 0.379. The van der Waals surface area contributed by atoms with Crippen LogP contribution >= 0.6 is 24.0 Å². The van der Waals surface area contributed by atoms with E-state index in [1.165, 1.54) is 0 Å². The standard InChI is InChI=1S/C15H29N5O3S.HI/c1-6-24(21,22)20-9-7-8-17-14(16-5)19-11-13-18-10-12(23-13)15(2,3)4;/h10,20H,6-9,11H2,1-5H3,(H2,16,17,19);1H. The second-order valence-electron chi connectivity index (χ2n) is 6.37. The minimum atomic E-state index is -3.13. The van der Waals surface area contributed by atoms with Crippen molar-refractivity contribution in [2.75, 3.05) is 25.9 Å². The molecule has 3 N–H and O–H groups in total. The van der Waals surface area contributed by atoms with Crippen molar-refractivity contribution >= 4 is 40.0 Å². The molecule has 0 atom stereocenters. The lowest BCUT2D eigenvalue weighted by Gasteiger charge is -2.13. The molecule has 10 heteroatoms. The molecule has 0 saturated heterocycles. The van der Waals surface area contributed by atoms with Crippen LogP contribution in [0.2, 0.25) is 0 Å². The molecule has 0 spiro atoms. The Morgan fingerprint density at radius 2 is 1.96 bits per heavy atom. The van der Waals surface area contributed by atoms with Crippen LogP contribution in [0.25, 0.3) is 0 Å². The largest absolute Gasteiger partial charge is 0.443 e. The average Bonchev–Trinajstić information content (AvgIpc) is 2.99. The predicted octanol–water partition coefficient (Wildman–Crippen LogP) is 1.58. The summed E-state index contributed by atoms with van der Waals surface area (Å²) in [5.41, 5.74) is -0.0724. The molecule has 1 aromatic rings. The number of sulfonamides is 1. The van der Waals surface area contributed by atoms with Gasteiger partial charge in [0.15, 0.2) is 5.96 Å². The van der Waals surface area contributed by atoms with Crippen molar-refractivity contribution < 1.29 is 12.8 Å². The fraction of sp³-hybridized carbons (Fsp3) is 0.733. The molecular weight excluding hydrogens is 457 g/mol. The Bertz CT molecular complexity index is 638. The molecule has 0 unspecified atom stereocenters. The van der Waals surface area contributed by atoms with Gasteiger partial charge in [-0.1, -0.05) is 20.8 Å². The summed E-state index contributed by atoms with van der Waals surface area (Å²) in [5.74, 6) is 2.14. The summed E-state index contributed by atoms with van der Waals surface area (Å²) in [7, 11) is -1.45. The first-order valence-corrected chi connectivity index (χ1v) is 9.70. The predicted molar refractivity (Wildman–Crippen MR) is 111 cm³/mol. The Balaban J connectivity index is 0.00000576. The fourth-order valence-electron chi connectivity index (χ4n) is 1.74. The van der Waals surface area contributed by atoms with Gasteiger partial charge in [0.2, 0.25) is 15.9 Å². The summed E-state index contributed by atoms with van der Waals surface area (Å²) < 4.78 is 30.8. The van der Waals surface area contributed by atoms with Gasteiger partial charge in [0.1, 0.15) is 5.76 Å². The summed E-state index contributed by atoms with van der Waals surface area (Å²) in [6.07, 6.45) is 2.40. The highest BCUT2D eigenvalue weighted by atomic mass is 127. The van der Waals surface area contributed by atoms with Gasteiger partial charge in [-0.15, -0.1) is 24.0 Å².